The number of hydrogen-bond donors (Lipinski definition) is 0. The van der Waals surface area contributed by atoms with Crippen molar-refractivity contribution >= 4 is 81.3 Å². The molecule has 9 aromatic carbocycles. The number of para-hydroxylation sites is 3. The summed E-state index contributed by atoms with van der Waals surface area (Å²) >= 11 is 1.87. The Hall–Kier alpha value is -6.94. The lowest BCUT2D eigenvalue weighted by Crippen LogP contribution is -2.11. The fraction of sp³-hybridized carbons (Fsp3) is 0. The summed E-state index contributed by atoms with van der Waals surface area (Å²) in [6.45, 7) is 0. The summed E-state index contributed by atoms with van der Waals surface area (Å²) in [7, 11) is 0. The van der Waals surface area contributed by atoms with Crippen LogP contribution in [0, 0.1) is 0 Å². The molecule has 0 bridgehead atoms. The molecule has 2 aromatic heterocycles. The number of rotatable bonds is 6. The highest BCUT2D eigenvalue weighted by Gasteiger charge is 2.19. The Balaban J connectivity index is 1.01. The zero-order valence-corrected chi connectivity index (χ0v) is 30.6. The van der Waals surface area contributed by atoms with Crippen LogP contribution in [0.4, 0.5) is 17.1 Å². The van der Waals surface area contributed by atoms with E-state index in [1.54, 1.807) is 0 Å². The first-order valence-electron chi connectivity index (χ1n) is 18.7. The molecule has 0 aliphatic carbocycles. The number of nitrogens with zero attached hydrogens (tertiary/aromatic N) is 1. The van der Waals surface area contributed by atoms with E-state index in [9.17, 15) is 0 Å². The van der Waals surface area contributed by atoms with E-state index >= 15 is 0 Å². The van der Waals surface area contributed by atoms with E-state index in [0.717, 1.165) is 50.1 Å². The molecule has 0 aliphatic rings. The number of benzene rings is 9. The van der Waals surface area contributed by atoms with Crippen LogP contribution in [0.25, 0.3) is 86.3 Å². The zero-order chi connectivity index (χ0) is 36.3. The molecule has 0 aliphatic heterocycles. The monoisotopic (exact) mass is 719 g/mol. The summed E-state index contributed by atoms with van der Waals surface area (Å²) in [5, 5.41) is 7.53. The summed E-state index contributed by atoms with van der Waals surface area (Å²) in [6, 6.07) is 72.1. The predicted octanol–water partition coefficient (Wildman–Crippen LogP) is 15.6. The van der Waals surface area contributed by atoms with Gasteiger partial charge in [0.15, 0.2) is 0 Å². The molecular weight excluding hydrogens is 687 g/mol. The predicted molar refractivity (Wildman–Crippen MR) is 235 cm³/mol. The van der Waals surface area contributed by atoms with E-state index in [1.165, 1.54) is 53.2 Å². The summed E-state index contributed by atoms with van der Waals surface area (Å²) < 4.78 is 9.08. The fourth-order valence-corrected chi connectivity index (χ4v) is 9.38. The Labute approximate surface area is 322 Å². The van der Waals surface area contributed by atoms with E-state index in [2.05, 4.69) is 193 Å². The molecule has 0 amide bonds. The Morgan fingerprint density at radius 3 is 1.85 bits per heavy atom. The zero-order valence-electron chi connectivity index (χ0n) is 29.8. The van der Waals surface area contributed by atoms with Crippen LogP contribution in [0.15, 0.2) is 205 Å². The van der Waals surface area contributed by atoms with Crippen molar-refractivity contribution < 1.29 is 4.42 Å². The Morgan fingerprint density at radius 2 is 1.02 bits per heavy atom. The van der Waals surface area contributed by atoms with E-state index in [0.29, 0.717) is 0 Å². The largest absolute Gasteiger partial charge is 0.455 e. The molecule has 0 fully saturated rings. The van der Waals surface area contributed by atoms with Crippen molar-refractivity contribution in [1.82, 2.24) is 0 Å². The second-order valence-electron chi connectivity index (χ2n) is 14.1. The molecule has 11 rings (SSSR count). The summed E-state index contributed by atoms with van der Waals surface area (Å²) in [5.74, 6) is 0. The Bertz CT molecular complexity index is 3190. The van der Waals surface area contributed by atoms with Crippen LogP contribution in [0.2, 0.25) is 0 Å². The van der Waals surface area contributed by atoms with Gasteiger partial charge in [-0.05, 0) is 87.6 Å². The normalized spacial score (nSPS) is 11.6. The maximum absolute atomic E-state index is 6.41. The molecule has 0 saturated heterocycles. The second kappa shape index (κ2) is 12.9. The molecule has 0 spiro atoms. The lowest BCUT2D eigenvalue weighted by atomic mass is 9.97. The third kappa shape index (κ3) is 5.32. The van der Waals surface area contributed by atoms with Crippen LogP contribution in [0.1, 0.15) is 0 Å². The van der Waals surface area contributed by atoms with Crippen LogP contribution in [0.5, 0.6) is 0 Å². The third-order valence-corrected chi connectivity index (χ3v) is 12.0. The quantitative estimate of drug-likeness (QED) is 0.170. The number of thiophene rings is 1. The molecule has 0 N–H and O–H groups in total. The molecule has 258 valence electrons. The highest BCUT2D eigenvalue weighted by atomic mass is 32.1. The number of fused-ring (bicyclic) bond motifs is 8. The summed E-state index contributed by atoms with van der Waals surface area (Å²) in [5.41, 5.74) is 12.1. The molecule has 3 heteroatoms. The minimum absolute atomic E-state index is 0.908. The molecule has 0 unspecified atom stereocenters. The van der Waals surface area contributed by atoms with Gasteiger partial charge < -0.3 is 9.32 Å². The van der Waals surface area contributed by atoms with Crippen molar-refractivity contribution in [2.75, 3.05) is 4.90 Å². The molecule has 0 radical (unpaired) electrons. The molecule has 0 atom stereocenters. The van der Waals surface area contributed by atoms with Crippen molar-refractivity contribution in [2.45, 2.75) is 0 Å². The number of anilines is 3. The van der Waals surface area contributed by atoms with Crippen LogP contribution in [-0.4, -0.2) is 0 Å². The average molecular weight is 720 g/mol. The molecule has 55 heavy (non-hydrogen) atoms. The van der Waals surface area contributed by atoms with Gasteiger partial charge in [-0.2, -0.15) is 0 Å². The third-order valence-electron chi connectivity index (χ3n) is 10.9. The standard InChI is InChI=1S/C52H33NOS/c1-2-11-35(12-3-1)41-13-4-7-18-47(41)53(40-29-23-36(24-30-40)43-16-10-17-45-44-14-5-8-19-48(44)54-52(43)45)39-27-21-34(22-28-39)37-25-31-42-38(33-37)26-32-50-51(42)46-15-6-9-20-49(46)55-50/h1-33H. The van der Waals surface area contributed by atoms with Gasteiger partial charge in [0.2, 0.25) is 0 Å². The van der Waals surface area contributed by atoms with Crippen LogP contribution >= 0.6 is 11.3 Å². The highest BCUT2D eigenvalue weighted by molar-refractivity contribution is 7.26. The number of furan rings is 1. The summed E-state index contributed by atoms with van der Waals surface area (Å²) in [6.07, 6.45) is 0. The minimum atomic E-state index is 0.908. The van der Waals surface area contributed by atoms with Crippen molar-refractivity contribution in [3.8, 4) is 33.4 Å². The lowest BCUT2D eigenvalue weighted by Gasteiger charge is -2.28. The Morgan fingerprint density at radius 1 is 0.382 bits per heavy atom. The van der Waals surface area contributed by atoms with Gasteiger partial charge in [0, 0.05) is 53.4 Å². The van der Waals surface area contributed by atoms with Gasteiger partial charge >= 0.3 is 0 Å². The average Bonchev–Trinajstić information content (AvgIpc) is 3.84. The second-order valence-corrected chi connectivity index (χ2v) is 15.1. The van der Waals surface area contributed by atoms with Crippen molar-refractivity contribution in [2.24, 2.45) is 0 Å². The maximum Gasteiger partial charge on any atom is 0.143 e. The molecule has 11 aromatic rings. The van der Waals surface area contributed by atoms with Gasteiger partial charge in [-0.1, -0.05) is 146 Å². The fourth-order valence-electron chi connectivity index (χ4n) is 8.26. The van der Waals surface area contributed by atoms with E-state index < -0.39 is 0 Å². The number of hydrogen-bond acceptors (Lipinski definition) is 3. The lowest BCUT2D eigenvalue weighted by molar-refractivity contribution is 0.670. The molecule has 0 saturated carbocycles. The molecule has 2 heterocycles. The molecular formula is C52H33NOS. The van der Waals surface area contributed by atoms with E-state index in [4.69, 9.17) is 4.42 Å². The first-order valence-corrected chi connectivity index (χ1v) is 19.5. The first kappa shape index (κ1) is 31.6. The highest BCUT2D eigenvalue weighted by Crippen LogP contribution is 2.44. The van der Waals surface area contributed by atoms with Crippen molar-refractivity contribution in [3.63, 3.8) is 0 Å². The van der Waals surface area contributed by atoms with Gasteiger partial charge in [0.25, 0.3) is 0 Å². The van der Waals surface area contributed by atoms with Gasteiger partial charge in [0.05, 0.1) is 5.69 Å². The van der Waals surface area contributed by atoms with Gasteiger partial charge in [-0.3, -0.25) is 0 Å². The van der Waals surface area contributed by atoms with Crippen molar-refractivity contribution in [3.05, 3.63) is 200 Å². The van der Waals surface area contributed by atoms with E-state index in [-0.39, 0.29) is 0 Å². The molecule has 2 nitrogen and oxygen atoms in total. The summed E-state index contributed by atoms with van der Waals surface area (Å²) in [4.78, 5) is 2.37. The maximum atomic E-state index is 6.41. The van der Waals surface area contributed by atoms with Crippen LogP contribution < -0.4 is 4.90 Å². The van der Waals surface area contributed by atoms with Crippen molar-refractivity contribution in [1.29, 1.82) is 0 Å². The first-order chi connectivity index (χ1) is 27.3. The smallest absolute Gasteiger partial charge is 0.143 e. The van der Waals surface area contributed by atoms with Gasteiger partial charge in [0.1, 0.15) is 11.2 Å². The van der Waals surface area contributed by atoms with E-state index in [1.807, 2.05) is 23.5 Å². The van der Waals surface area contributed by atoms with Gasteiger partial charge in [-0.15, -0.1) is 11.3 Å². The minimum Gasteiger partial charge on any atom is -0.455 e. The van der Waals surface area contributed by atoms with Crippen LogP contribution in [0.3, 0.4) is 0 Å². The van der Waals surface area contributed by atoms with Crippen LogP contribution in [-0.2, 0) is 0 Å². The SMILES string of the molecule is c1ccc(-c2ccccc2N(c2ccc(-c3ccc4c(ccc5sc6ccccc6c54)c3)cc2)c2ccc(-c3cccc4c3oc3ccccc34)cc2)cc1. The topological polar surface area (TPSA) is 16.4 Å². The van der Waals surface area contributed by atoms with Gasteiger partial charge in [-0.25, -0.2) is 0 Å². The Kier molecular flexibility index (Phi) is 7.39.